The lowest BCUT2D eigenvalue weighted by Crippen LogP contribution is -2.23. The summed E-state index contributed by atoms with van der Waals surface area (Å²) in [5.74, 6) is 0.00345. The van der Waals surface area contributed by atoms with Gasteiger partial charge in [-0.3, -0.25) is 4.79 Å². The Balaban J connectivity index is 1.68. The van der Waals surface area contributed by atoms with Crippen LogP contribution in [-0.4, -0.2) is 31.9 Å². The number of nitrogens with zero attached hydrogens (tertiary/aromatic N) is 3. The lowest BCUT2D eigenvalue weighted by molar-refractivity contribution is -0.121. The number of hydrogen-bond donors (Lipinski definition) is 3. The Morgan fingerprint density at radius 3 is 2.83 bits per heavy atom. The number of rotatable bonds is 4. The van der Waals surface area contributed by atoms with Gasteiger partial charge in [-0.15, -0.1) is 0 Å². The zero-order chi connectivity index (χ0) is 17.1. The molecule has 0 aliphatic carbocycles. The van der Waals surface area contributed by atoms with E-state index in [1.807, 2.05) is 35.8 Å². The summed E-state index contributed by atoms with van der Waals surface area (Å²) < 4.78 is 1.81. The third-order valence-corrected chi connectivity index (χ3v) is 3.55. The van der Waals surface area contributed by atoms with Crippen LogP contribution in [-0.2, 0) is 11.3 Å². The van der Waals surface area contributed by atoms with Crippen molar-refractivity contribution in [2.75, 3.05) is 0 Å². The highest BCUT2D eigenvalue weighted by atomic mass is 16.3. The van der Waals surface area contributed by atoms with E-state index >= 15 is 0 Å². The van der Waals surface area contributed by atoms with Gasteiger partial charge in [-0.2, -0.15) is 5.10 Å². The number of carbonyl (C=O) groups is 1. The predicted octanol–water partition coefficient (Wildman–Crippen LogP) is 1.91. The van der Waals surface area contributed by atoms with Crippen molar-refractivity contribution in [2.24, 2.45) is 5.10 Å². The number of hydrogen-bond acceptors (Lipinski definition) is 5. The van der Waals surface area contributed by atoms with Gasteiger partial charge in [0, 0.05) is 0 Å². The van der Waals surface area contributed by atoms with Gasteiger partial charge in [-0.25, -0.2) is 10.4 Å². The second kappa shape index (κ2) is 6.41. The minimum absolute atomic E-state index is 0.102. The minimum Gasteiger partial charge on any atom is -0.504 e. The average molecular weight is 324 g/mol. The number of nitrogens with one attached hydrogen (secondary N) is 1. The molecule has 122 valence electrons. The third-order valence-electron chi connectivity index (χ3n) is 3.55. The van der Waals surface area contributed by atoms with Crippen LogP contribution in [0.3, 0.4) is 0 Å². The fourth-order valence-electron chi connectivity index (χ4n) is 2.37. The summed E-state index contributed by atoms with van der Waals surface area (Å²) in [7, 11) is 0. The summed E-state index contributed by atoms with van der Waals surface area (Å²) in [6, 6.07) is 11.9. The summed E-state index contributed by atoms with van der Waals surface area (Å²) in [4.78, 5) is 16.5. The molecule has 3 N–H and O–H groups in total. The summed E-state index contributed by atoms with van der Waals surface area (Å²) in [5, 5.41) is 22.5. The molecule has 3 aromatic rings. The summed E-state index contributed by atoms with van der Waals surface area (Å²) in [6.07, 6.45) is 1.38. The molecule has 0 bridgehead atoms. The molecule has 7 heteroatoms. The molecular formula is C17H16N4O3. The summed E-state index contributed by atoms with van der Waals surface area (Å²) >= 11 is 0. The largest absolute Gasteiger partial charge is 0.504 e. The van der Waals surface area contributed by atoms with Crippen LogP contribution < -0.4 is 5.43 Å². The van der Waals surface area contributed by atoms with Crippen LogP contribution in [0.2, 0.25) is 0 Å². The van der Waals surface area contributed by atoms with E-state index in [-0.39, 0.29) is 24.0 Å². The van der Waals surface area contributed by atoms with Gasteiger partial charge in [0.15, 0.2) is 11.5 Å². The SMILES string of the molecule is Cc1nc2ccccc2n1CC(=O)N/N=C/c1ccc(O)c(O)c1. The summed E-state index contributed by atoms with van der Waals surface area (Å²) in [5.41, 5.74) is 4.71. The Labute approximate surface area is 137 Å². The van der Waals surface area contributed by atoms with E-state index in [4.69, 9.17) is 0 Å². The predicted molar refractivity (Wildman–Crippen MR) is 90.0 cm³/mol. The number of aromatic hydroxyl groups is 2. The Morgan fingerprint density at radius 2 is 2.04 bits per heavy atom. The van der Waals surface area contributed by atoms with Crippen LogP contribution >= 0.6 is 0 Å². The molecule has 0 spiro atoms. The molecule has 0 radical (unpaired) electrons. The molecule has 0 saturated heterocycles. The first-order chi connectivity index (χ1) is 11.5. The van der Waals surface area contributed by atoms with Gasteiger partial charge in [0.05, 0.1) is 17.2 Å². The normalized spacial score (nSPS) is 11.2. The first-order valence-corrected chi connectivity index (χ1v) is 7.30. The van der Waals surface area contributed by atoms with Gasteiger partial charge in [-0.1, -0.05) is 12.1 Å². The van der Waals surface area contributed by atoms with Gasteiger partial charge >= 0.3 is 0 Å². The number of imidazole rings is 1. The molecule has 3 rings (SSSR count). The molecule has 0 aliphatic heterocycles. The van der Waals surface area contributed by atoms with Gasteiger partial charge in [0.1, 0.15) is 12.4 Å². The topological polar surface area (TPSA) is 99.7 Å². The first-order valence-electron chi connectivity index (χ1n) is 7.30. The molecule has 0 fully saturated rings. The zero-order valence-corrected chi connectivity index (χ0v) is 13.0. The van der Waals surface area contributed by atoms with E-state index in [0.29, 0.717) is 5.56 Å². The highest BCUT2D eigenvalue weighted by Gasteiger charge is 2.10. The van der Waals surface area contributed by atoms with Gasteiger partial charge in [-0.05, 0) is 42.8 Å². The molecule has 24 heavy (non-hydrogen) atoms. The molecule has 0 saturated carbocycles. The molecule has 1 amide bonds. The number of phenolic OH excluding ortho intramolecular Hbond substituents is 2. The molecule has 1 heterocycles. The number of hydrazone groups is 1. The maximum Gasteiger partial charge on any atom is 0.260 e. The smallest absolute Gasteiger partial charge is 0.260 e. The van der Waals surface area contributed by atoms with E-state index in [1.165, 1.54) is 18.3 Å². The fraction of sp³-hybridized carbons (Fsp3) is 0.118. The lowest BCUT2D eigenvalue weighted by Gasteiger charge is -2.05. The van der Waals surface area contributed by atoms with Crippen LogP contribution in [0, 0.1) is 6.92 Å². The summed E-state index contributed by atoms with van der Waals surface area (Å²) in [6.45, 7) is 1.94. The number of aryl methyl sites for hydroxylation is 1. The average Bonchev–Trinajstić information content (AvgIpc) is 2.87. The van der Waals surface area contributed by atoms with Crippen LogP contribution in [0.1, 0.15) is 11.4 Å². The first kappa shape index (κ1) is 15.5. The van der Waals surface area contributed by atoms with E-state index in [9.17, 15) is 15.0 Å². The Morgan fingerprint density at radius 1 is 1.25 bits per heavy atom. The molecular weight excluding hydrogens is 308 g/mol. The fourth-order valence-corrected chi connectivity index (χ4v) is 2.37. The Bertz CT molecular complexity index is 931. The number of fused-ring (bicyclic) bond motifs is 1. The molecule has 0 unspecified atom stereocenters. The standard InChI is InChI=1S/C17H16N4O3/c1-11-19-13-4-2-3-5-14(13)21(11)10-17(24)20-18-9-12-6-7-15(22)16(23)8-12/h2-9,22-23H,10H2,1H3,(H,20,24)/b18-9+. The van der Waals surface area contributed by atoms with Gasteiger partial charge in [0.25, 0.3) is 5.91 Å². The Kier molecular flexibility index (Phi) is 4.15. The number of carbonyl (C=O) groups excluding carboxylic acids is 1. The van der Waals surface area contributed by atoms with E-state index in [0.717, 1.165) is 16.9 Å². The molecule has 0 aliphatic rings. The van der Waals surface area contributed by atoms with Crippen LogP contribution in [0.25, 0.3) is 11.0 Å². The second-order valence-corrected chi connectivity index (χ2v) is 5.28. The van der Waals surface area contributed by atoms with Crippen molar-refractivity contribution in [1.29, 1.82) is 0 Å². The zero-order valence-electron chi connectivity index (χ0n) is 13.0. The monoisotopic (exact) mass is 324 g/mol. The lowest BCUT2D eigenvalue weighted by atomic mass is 10.2. The quantitative estimate of drug-likeness (QED) is 0.388. The van der Waals surface area contributed by atoms with Crippen molar-refractivity contribution in [3.05, 3.63) is 53.9 Å². The van der Waals surface area contributed by atoms with E-state index in [1.54, 1.807) is 6.07 Å². The van der Waals surface area contributed by atoms with Crippen molar-refractivity contribution in [3.8, 4) is 11.5 Å². The number of phenols is 2. The van der Waals surface area contributed by atoms with Gasteiger partial charge in [0.2, 0.25) is 0 Å². The van der Waals surface area contributed by atoms with Crippen molar-refractivity contribution >= 4 is 23.2 Å². The minimum atomic E-state index is -0.291. The van der Waals surface area contributed by atoms with Crippen molar-refractivity contribution in [3.63, 3.8) is 0 Å². The molecule has 2 aromatic carbocycles. The van der Waals surface area contributed by atoms with E-state index in [2.05, 4.69) is 15.5 Å². The maximum atomic E-state index is 12.1. The van der Waals surface area contributed by atoms with Crippen LogP contribution in [0.15, 0.2) is 47.6 Å². The van der Waals surface area contributed by atoms with E-state index < -0.39 is 0 Å². The van der Waals surface area contributed by atoms with Crippen molar-refractivity contribution in [2.45, 2.75) is 13.5 Å². The number of para-hydroxylation sites is 2. The molecule has 7 nitrogen and oxygen atoms in total. The van der Waals surface area contributed by atoms with Crippen LogP contribution in [0.5, 0.6) is 11.5 Å². The number of amides is 1. The molecule has 1 aromatic heterocycles. The molecule has 0 atom stereocenters. The van der Waals surface area contributed by atoms with Gasteiger partial charge < -0.3 is 14.8 Å². The highest BCUT2D eigenvalue weighted by Crippen LogP contribution is 2.23. The number of aromatic nitrogens is 2. The van der Waals surface area contributed by atoms with Crippen molar-refractivity contribution < 1.29 is 15.0 Å². The number of benzene rings is 2. The second-order valence-electron chi connectivity index (χ2n) is 5.28. The third kappa shape index (κ3) is 3.19. The maximum absolute atomic E-state index is 12.1. The highest BCUT2D eigenvalue weighted by molar-refractivity contribution is 5.84. The van der Waals surface area contributed by atoms with Crippen LogP contribution in [0.4, 0.5) is 0 Å². The van der Waals surface area contributed by atoms with Crippen molar-refractivity contribution in [1.82, 2.24) is 15.0 Å². The Hall–Kier alpha value is -3.35.